The van der Waals surface area contributed by atoms with Crippen LogP contribution in [-0.2, 0) is 6.54 Å². The maximum atomic E-state index is 9.14. The molecule has 0 aliphatic heterocycles. The summed E-state index contributed by atoms with van der Waals surface area (Å²) in [5.74, 6) is 1.50. The SMILES string of the molecule is CCOc1cc(CNC[C@H](C)O)ccc1OC. The van der Waals surface area contributed by atoms with Crippen molar-refractivity contribution in [1.29, 1.82) is 0 Å². The van der Waals surface area contributed by atoms with E-state index in [0.29, 0.717) is 19.7 Å². The molecular formula is C13H21NO3. The van der Waals surface area contributed by atoms with Gasteiger partial charge in [0, 0.05) is 13.1 Å². The zero-order chi connectivity index (χ0) is 12.7. The van der Waals surface area contributed by atoms with Crippen LogP contribution in [0.4, 0.5) is 0 Å². The summed E-state index contributed by atoms with van der Waals surface area (Å²) >= 11 is 0. The fourth-order valence-electron chi connectivity index (χ4n) is 1.52. The Morgan fingerprint density at radius 2 is 2.12 bits per heavy atom. The number of aliphatic hydroxyl groups is 1. The maximum absolute atomic E-state index is 9.14. The van der Waals surface area contributed by atoms with Gasteiger partial charge in [-0.3, -0.25) is 0 Å². The number of ether oxygens (including phenoxy) is 2. The first-order chi connectivity index (χ1) is 8.17. The highest BCUT2D eigenvalue weighted by atomic mass is 16.5. The van der Waals surface area contributed by atoms with Crippen LogP contribution in [0.25, 0.3) is 0 Å². The van der Waals surface area contributed by atoms with Crippen LogP contribution in [0.2, 0.25) is 0 Å². The molecule has 0 aromatic heterocycles. The second kappa shape index (κ2) is 7.14. The monoisotopic (exact) mass is 239 g/mol. The Kier molecular flexibility index (Phi) is 5.80. The van der Waals surface area contributed by atoms with E-state index in [1.165, 1.54) is 0 Å². The number of hydrogen-bond acceptors (Lipinski definition) is 4. The van der Waals surface area contributed by atoms with Gasteiger partial charge in [0.2, 0.25) is 0 Å². The molecule has 1 aromatic rings. The average molecular weight is 239 g/mol. The molecule has 0 radical (unpaired) electrons. The molecular weight excluding hydrogens is 218 g/mol. The Bertz CT molecular complexity index is 339. The Hall–Kier alpha value is -1.26. The molecule has 1 rings (SSSR count). The first kappa shape index (κ1) is 13.8. The maximum Gasteiger partial charge on any atom is 0.161 e. The number of benzene rings is 1. The number of nitrogens with one attached hydrogen (secondary N) is 1. The minimum atomic E-state index is -0.334. The number of rotatable bonds is 7. The van der Waals surface area contributed by atoms with Crippen LogP contribution in [0.15, 0.2) is 18.2 Å². The molecule has 0 unspecified atom stereocenters. The standard InChI is InChI=1S/C13H21NO3/c1-4-17-13-7-11(5-6-12(13)16-3)9-14-8-10(2)15/h5-7,10,14-15H,4,8-9H2,1-3H3/t10-/m0/s1. The molecule has 96 valence electrons. The lowest BCUT2D eigenvalue weighted by atomic mass is 10.2. The molecule has 1 atom stereocenters. The van der Waals surface area contributed by atoms with Crippen LogP contribution in [-0.4, -0.2) is 31.5 Å². The minimum absolute atomic E-state index is 0.334. The first-order valence-corrected chi connectivity index (χ1v) is 5.85. The lowest BCUT2D eigenvalue weighted by molar-refractivity contribution is 0.191. The fraction of sp³-hybridized carbons (Fsp3) is 0.538. The van der Waals surface area contributed by atoms with Gasteiger partial charge in [-0.2, -0.15) is 0 Å². The topological polar surface area (TPSA) is 50.7 Å². The van der Waals surface area contributed by atoms with E-state index in [1.807, 2.05) is 25.1 Å². The van der Waals surface area contributed by atoms with Crippen LogP contribution >= 0.6 is 0 Å². The van der Waals surface area contributed by atoms with Crippen LogP contribution < -0.4 is 14.8 Å². The van der Waals surface area contributed by atoms with Gasteiger partial charge in [-0.1, -0.05) is 6.07 Å². The van der Waals surface area contributed by atoms with Crippen LogP contribution in [0.5, 0.6) is 11.5 Å². The molecule has 4 nitrogen and oxygen atoms in total. The minimum Gasteiger partial charge on any atom is -0.493 e. The number of methoxy groups -OCH3 is 1. The van der Waals surface area contributed by atoms with E-state index in [-0.39, 0.29) is 6.10 Å². The van der Waals surface area contributed by atoms with Crippen molar-refractivity contribution in [1.82, 2.24) is 5.32 Å². The molecule has 1 aromatic carbocycles. The van der Waals surface area contributed by atoms with Crippen LogP contribution in [0.3, 0.4) is 0 Å². The van der Waals surface area contributed by atoms with Gasteiger partial charge in [0.25, 0.3) is 0 Å². The van der Waals surface area contributed by atoms with Gasteiger partial charge in [-0.25, -0.2) is 0 Å². The third kappa shape index (κ3) is 4.63. The van der Waals surface area contributed by atoms with Gasteiger partial charge in [0.15, 0.2) is 11.5 Å². The van der Waals surface area contributed by atoms with E-state index in [9.17, 15) is 0 Å². The van der Waals surface area contributed by atoms with Crippen LogP contribution in [0.1, 0.15) is 19.4 Å². The molecule has 0 amide bonds. The summed E-state index contributed by atoms with van der Waals surface area (Å²) in [6.45, 7) is 5.59. The Labute approximate surface area is 103 Å². The van der Waals surface area contributed by atoms with Gasteiger partial charge in [-0.15, -0.1) is 0 Å². The predicted octanol–water partition coefficient (Wildman–Crippen LogP) is 1.56. The molecule has 4 heteroatoms. The summed E-state index contributed by atoms with van der Waals surface area (Å²) in [4.78, 5) is 0. The molecule has 17 heavy (non-hydrogen) atoms. The van der Waals surface area contributed by atoms with Crippen molar-refractivity contribution in [2.45, 2.75) is 26.5 Å². The lowest BCUT2D eigenvalue weighted by Crippen LogP contribution is -2.23. The average Bonchev–Trinajstić information content (AvgIpc) is 2.29. The summed E-state index contributed by atoms with van der Waals surface area (Å²) < 4.78 is 10.7. The van der Waals surface area contributed by atoms with Crippen molar-refractivity contribution < 1.29 is 14.6 Å². The summed E-state index contributed by atoms with van der Waals surface area (Å²) in [7, 11) is 1.63. The normalized spacial score (nSPS) is 12.2. The van der Waals surface area contributed by atoms with Crippen molar-refractivity contribution in [3.63, 3.8) is 0 Å². The Balaban J connectivity index is 2.64. The molecule has 0 aliphatic rings. The van der Waals surface area contributed by atoms with E-state index >= 15 is 0 Å². The van der Waals surface area contributed by atoms with Gasteiger partial charge < -0.3 is 19.9 Å². The third-order valence-corrected chi connectivity index (χ3v) is 2.30. The fourth-order valence-corrected chi connectivity index (χ4v) is 1.52. The van der Waals surface area contributed by atoms with Gasteiger partial charge in [-0.05, 0) is 31.5 Å². The third-order valence-electron chi connectivity index (χ3n) is 2.30. The highest BCUT2D eigenvalue weighted by molar-refractivity contribution is 5.42. The van der Waals surface area contributed by atoms with Gasteiger partial charge in [0.1, 0.15) is 0 Å². The lowest BCUT2D eigenvalue weighted by Gasteiger charge is -2.12. The molecule has 0 fully saturated rings. The van der Waals surface area contributed by atoms with Crippen molar-refractivity contribution in [2.24, 2.45) is 0 Å². The van der Waals surface area contributed by atoms with Crippen molar-refractivity contribution >= 4 is 0 Å². The number of aliphatic hydroxyl groups excluding tert-OH is 1. The molecule has 0 saturated carbocycles. The zero-order valence-corrected chi connectivity index (χ0v) is 10.7. The summed E-state index contributed by atoms with van der Waals surface area (Å²) in [6, 6.07) is 5.83. The van der Waals surface area contributed by atoms with E-state index in [2.05, 4.69) is 5.32 Å². The van der Waals surface area contributed by atoms with Crippen LogP contribution in [0, 0.1) is 0 Å². The molecule has 0 saturated heterocycles. The van der Waals surface area contributed by atoms with Crippen molar-refractivity contribution in [3.05, 3.63) is 23.8 Å². The molecule has 0 bridgehead atoms. The van der Waals surface area contributed by atoms with E-state index in [1.54, 1.807) is 14.0 Å². The summed E-state index contributed by atoms with van der Waals surface area (Å²) in [6.07, 6.45) is -0.334. The quantitative estimate of drug-likeness (QED) is 0.758. The molecule has 0 aliphatic carbocycles. The van der Waals surface area contributed by atoms with E-state index in [0.717, 1.165) is 17.1 Å². The number of hydrogen-bond donors (Lipinski definition) is 2. The molecule has 0 spiro atoms. The van der Waals surface area contributed by atoms with Crippen molar-refractivity contribution in [2.75, 3.05) is 20.3 Å². The van der Waals surface area contributed by atoms with Gasteiger partial charge in [0.05, 0.1) is 19.8 Å². The highest BCUT2D eigenvalue weighted by Gasteiger charge is 2.05. The highest BCUT2D eigenvalue weighted by Crippen LogP contribution is 2.27. The molecule has 0 heterocycles. The predicted molar refractivity (Wildman–Crippen MR) is 67.6 cm³/mol. The summed E-state index contributed by atoms with van der Waals surface area (Å²) in [5, 5.41) is 12.3. The van der Waals surface area contributed by atoms with E-state index in [4.69, 9.17) is 14.6 Å². The Morgan fingerprint density at radius 1 is 1.35 bits per heavy atom. The summed E-state index contributed by atoms with van der Waals surface area (Å²) in [5.41, 5.74) is 1.11. The smallest absolute Gasteiger partial charge is 0.161 e. The first-order valence-electron chi connectivity index (χ1n) is 5.85. The molecule has 2 N–H and O–H groups in total. The zero-order valence-electron chi connectivity index (χ0n) is 10.7. The van der Waals surface area contributed by atoms with Gasteiger partial charge >= 0.3 is 0 Å². The Morgan fingerprint density at radius 3 is 2.71 bits per heavy atom. The second-order valence-electron chi connectivity index (χ2n) is 3.90. The van der Waals surface area contributed by atoms with Crippen molar-refractivity contribution in [3.8, 4) is 11.5 Å². The second-order valence-corrected chi connectivity index (χ2v) is 3.90. The largest absolute Gasteiger partial charge is 0.493 e. The van der Waals surface area contributed by atoms with E-state index < -0.39 is 0 Å².